The molecule has 0 aromatic carbocycles. The van der Waals surface area contributed by atoms with Crippen LogP contribution < -0.4 is 5.32 Å². The SMILES string of the molecule is COC(=O)CCc1c(C)c(C(=O)NC2CCN(C(C)C)CC2)n(Cc2cc(-c3ccc(Cl)s3)on2)c1C. The lowest BCUT2D eigenvalue weighted by molar-refractivity contribution is -0.140. The number of piperidine rings is 1. The second kappa shape index (κ2) is 11.8. The van der Waals surface area contributed by atoms with E-state index in [0.29, 0.717) is 40.5 Å². The van der Waals surface area contributed by atoms with Crippen molar-refractivity contribution in [2.24, 2.45) is 0 Å². The molecule has 3 aromatic rings. The van der Waals surface area contributed by atoms with E-state index in [1.165, 1.54) is 18.4 Å². The van der Waals surface area contributed by atoms with Crippen molar-refractivity contribution in [3.8, 4) is 10.6 Å². The molecule has 10 heteroatoms. The minimum Gasteiger partial charge on any atom is -0.469 e. The van der Waals surface area contributed by atoms with E-state index in [2.05, 4.69) is 29.2 Å². The van der Waals surface area contributed by atoms with Crippen LogP contribution in [-0.2, 0) is 22.5 Å². The number of halogens is 1. The number of hydrogen-bond acceptors (Lipinski definition) is 7. The Balaban J connectivity index is 1.59. The lowest BCUT2D eigenvalue weighted by Gasteiger charge is -2.34. The number of aromatic nitrogens is 2. The summed E-state index contributed by atoms with van der Waals surface area (Å²) >= 11 is 7.51. The third-order valence-corrected chi connectivity index (χ3v) is 8.48. The summed E-state index contributed by atoms with van der Waals surface area (Å²) in [4.78, 5) is 28.8. The smallest absolute Gasteiger partial charge is 0.305 e. The number of carbonyl (C=O) groups is 2. The number of nitrogens with one attached hydrogen (secondary N) is 1. The Bertz CT molecular complexity index is 1250. The number of nitrogens with zero attached hydrogens (tertiary/aromatic N) is 3. The van der Waals surface area contributed by atoms with Crippen LogP contribution in [0.5, 0.6) is 0 Å². The normalized spacial score (nSPS) is 14.9. The molecule has 0 spiro atoms. The van der Waals surface area contributed by atoms with Gasteiger partial charge in [0.1, 0.15) is 11.4 Å². The van der Waals surface area contributed by atoms with E-state index in [1.54, 1.807) is 0 Å². The van der Waals surface area contributed by atoms with Crippen molar-refractivity contribution in [2.75, 3.05) is 20.2 Å². The van der Waals surface area contributed by atoms with Gasteiger partial charge in [-0.15, -0.1) is 11.3 Å². The molecule has 0 radical (unpaired) electrons. The van der Waals surface area contributed by atoms with E-state index in [9.17, 15) is 9.59 Å². The predicted octanol–water partition coefficient (Wildman–Crippen LogP) is 5.23. The first-order chi connectivity index (χ1) is 17.7. The molecule has 4 heterocycles. The number of likely N-dealkylation sites (tertiary alicyclic amines) is 1. The Morgan fingerprint density at radius 2 is 2.00 bits per heavy atom. The summed E-state index contributed by atoms with van der Waals surface area (Å²) < 4.78 is 13.1. The fourth-order valence-electron chi connectivity index (χ4n) is 5.06. The van der Waals surface area contributed by atoms with Crippen molar-refractivity contribution in [3.63, 3.8) is 0 Å². The highest BCUT2D eigenvalue weighted by Gasteiger charge is 2.27. The lowest BCUT2D eigenvalue weighted by Crippen LogP contribution is -2.47. The molecule has 200 valence electrons. The summed E-state index contributed by atoms with van der Waals surface area (Å²) in [6, 6.07) is 6.25. The first-order valence-electron chi connectivity index (χ1n) is 12.7. The minimum absolute atomic E-state index is 0.0957. The van der Waals surface area contributed by atoms with Gasteiger partial charge in [0, 0.05) is 43.4 Å². The van der Waals surface area contributed by atoms with Crippen LogP contribution in [0.2, 0.25) is 4.34 Å². The fraction of sp³-hybridized carbons (Fsp3) is 0.519. The maximum Gasteiger partial charge on any atom is 0.305 e. The van der Waals surface area contributed by atoms with Crippen LogP contribution in [0.15, 0.2) is 22.7 Å². The monoisotopic (exact) mass is 546 g/mol. The van der Waals surface area contributed by atoms with Crippen molar-refractivity contribution in [2.45, 2.75) is 72.0 Å². The molecule has 1 N–H and O–H groups in total. The highest BCUT2D eigenvalue weighted by Crippen LogP contribution is 2.32. The minimum atomic E-state index is -0.273. The molecule has 1 fully saturated rings. The zero-order chi connectivity index (χ0) is 26.7. The van der Waals surface area contributed by atoms with Gasteiger partial charge < -0.3 is 24.0 Å². The van der Waals surface area contributed by atoms with Crippen molar-refractivity contribution >= 4 is 34.8 Å². The first kappa shape index (κ1) is 27.4. The van der Waals surface area contributed by atoms with Gasteiger partial charge in [0.05, 0.1) is 22.9 Å². The van der Waals surface area contributed by atoms with Gasteiger partial charge in [-0.2, -0.15) is 0 Å². The Morgan fingerprint density at radius 3 is 2.62 bits per heavy atom. The zero-order valence-electron chi connectivity index (χ0n) is 22.1. The van der Waals surface area contributed by atoms with Crippen molar-refractivity contribution in [1.82, 2.24) is 19.9 Å². The number of rotatable bonds is 9. The number of ether oxygens (including phenoxy) is 1. The van der Waals surface area contributed by atoms with Gasteiger partial charge in [-0.3, -0.25) is 9.59 Å². The van der Waals surface area contributed by atoms with Crippen LogP contribution in [0.1, 0.15) is 66.1 Å². The number of esters is 1. The van der Waals surface area contributed by atoms with E-state index < -0.39 is 0 Å². The van der Waals surface area contributed by atoms with Crippen LogP contribution >= 0.6 is 22.9 Å². The first-order valence-corrected chi connectivity index (χ1v) is 13.9. The zero-order valence-corrected chi connectivity index (χ0v) is 23.7. The molecule has 37 heavy (non-hydrogen) atoms. The summed E-state index contributed by atoms with van der Waals surface area (Å²) in [5.41, 5.74) is 4.11. The molecule has 0 unspecified atom stereocenters. The third-order valence-electron chi connectivity index (χ3n) is 7.23. The molecule has 1 amide bonds. The summed E-state index contributed by atoms with van der Waals surface area (Å²) in [5, 5.41) is 7.54. The van der Waals surface area contributed by atoms with E-state index in [4.69, 9.17) is 20.9 Å². The molecule has 3 aromatic heterocycles. The van der Waals surface area contributed by atoms with Gasteiger partial charge in [0.25, 0.3) is 5.91 Å². The predicted molar refractivity (Wildman–Crippen MR) is 145 cm³/mol. The molecule has 1 saturated heterocycles. The van der Waals surface area contributed by atoms with Gasteiger partial charge in [0.2, 0.25) is 0 Å². The van der Waals surface area contributed by atoms with Crippen LogP contribution in [0.4, 0.5) is 0 Å². The molecule has 8 nitrogen and oxygen atoms in total. The van der Waals surface area contributed by atoms with Gasteiger partial charge >= 0.3 is 5.97 Å². The van der Waals surface area contributed by atoms with Crippen LogP contribution in [0.25, 0.3) is 10.6 Å². The van der Waals surface area contributed by atoms with Gasteiger partial charge in [0.15, 0.2) is 5.76 Å². The number of methoxy groups -OCH3 is 1. The summed E-state index contributed by atoms with van der Waals surface area (Å²) in [6.45, 7) is 10.7. The number of carbonyl (C=O) groups excluding carboxylic acids is 2. The molecule has 0 atom stereocenters. The Morgan fingerprint density at radius 1 is 1.27 bits per heavy atom. The highest BCUT2D eigenvalue weighted by atomic mass is 35.5. The van der Waals surface area contributed by atoms with E-state index in [1.807, 2.05) is 36.6 Å². The van der Waals surface area contributed by atoms with Crippen LogP contribution in [0, 0.1) is 13.8 Å². The fourth-order valence-corrected chi connectivity index (χ4v) is 6.05. The molecule has 0 bridgehead atoms. The Hall–Kier alpha value is -2.62. The summed E-state index contributed by atoms with van der Waals surface area (Å²) in [7, 11) is 1.39. The molecule has 4 rings (SSSR count). The summed E-state index contributed by atoms with van der Waals surface area (Å²) in [5.74, 6) is 0.272. The number of amides is 1. The topological polar surface area (TPSA) is 89.6 Å². The maximum absolute atomic E-state index is 13.7. The molecule has 0 aliphatic carbocycles. The Labute approximate surface area is 226 Å². The highest BCUT2D eigenvalue weighted by molar-refractivity contribution is 7.19. The molecular formula is C27H35ClN4O4S. The van der Waals surface area contributed by atoms with Gasteiger partial charge in [-0.1, -0.05) is 16.8 Å². The van der Waals surface area contributed by atoms with E-state index in [0.717, 1.165) is 47.6 Å². The largest absolute Gasteiger partial charge is 0.469 e. The standard InChI is InChI=1S/C27H35ClN4O4S/c1-16(2)31-12-10-19(11-13-31)29-27(34)26-17(3)21(6-9-25(33)35-5)18(4)32(26)15-20-14-22(36-30-20)23-7-8-24(28)37-23/h7-8,14,16,19H,6,9-13,15H2,1-5H3,(H,29,34). The lowest BCUT2D eigenvalue weighted by atomic mass is 10.0. The number of hydrogen-bond donors (Lipinski definition) is 1. The average molecular weight is 547 g/mol. The van der Waals surface area contributed by atoms with Crippen molar-refractivity contribution in [1.29, 1.82) is 0 Å². The molecular weight excluding hydrogens is 512 g/mol. The third kappa shape index (κ3) is 6.27. The van der Waals surface area contributed by atoms with Crippen LogP contribution in [0.3, 0.4) is 0 Å². The molecule has 1 aliphatic heterocycles. The van der Waals surface area contributed by atoms with Gasteiger partial charge in [-0.25, -0.2) is 0 Å². The van der Waals surface area contributed by atoms with Crippen molar-refractivity contribution < 1.29 is 18.8 Å². The van der Waals surface area contributed by atoms with E-state index in [-0.39, 0.29) is 24.3 Å². The summed E-state index contributed by atoms with van der Waals surface area (Å²) in [6.07, 6.45) is 2.61. The second-order valence-corrected chi connectivity index (χ2v) is 11.6. The maximum atomic E-state index is 13.7. The Kier molecular flexibility index (Phi) is 8.77. The molecule has 0 saturated carbocycles. The second-order valence-electron chi connectivity index (χ2n) is 9.86. The number of thiophene rings is 1. The van der Waals surface area contributed by atoms with Gasteiger partial charge in [-0.05, 0) is 70.2 Å². The molecule has 1 aliphatic rings. The quantitative estimate of drug-likeness (QED) is 0.370. The van der Waals surface area contributed by atoms with Crippen LogP contribution in [-0.4, -0.2) is 58.8 Å². The average Bonchev–Trinajstić information content (AvgIpc) is 3.57. The van der Waals surface area contributed by atoms with E-state index >= 15 is 0 Å². The van der Waals surface area contributed by atoms with Crippen molar-refractivity contribution in [3.05, 3.63) is 50.7 Å².